The van der Waals surface area contributed by atoms with E-state index >= 15 is 0 Å². The van der Waals surface area contributed by atoms with E-state index in [1.807, 2.05) is 0 Å². The molecule has 1 heterocycles. The monoisotopic (exact) mass is 291 g/mol. The summed E-state index contributed by atoms with van der Waals surface area (Å²) in [5, 5.41) is 0. The van der Waals surface area contributed by atoms with Crippen LogP contribution in [0.3, 0.4) is 0 Å². The Morgan fingerprint density at radius 3 is 2.67 bits per heavy atom. The second-order valence-electron chi connectivity index (χ2n) is 6.04. The number of hydrogen-bond acceptors (Lipinski definition) is 4. The summed E-state index contributed by atoms with van der Waals surface area (Å²) in [4.78, 5) is 2.61. The smallest absolute Gasteiger partial charge is 0.119 e. The Labute approximate surface area is 127 Å². The van der Waals surface area contributed by atoms with Crippen LogP contribution in [0.15, 0.2) is 24.3 Å². The summed E-state index contributed by atoms with van der Waals surface area (Å²) in [5.41, 5.74) is 1.67. The van der Waals surface area contributed by atoms with Crippen LogP contribution >= 0.6 is 0 Å². The van der Waals surface area contributed by atoms with E-state index in [2.05, 4.69) is 29.2 Å². The van der Waals surface area contributed by atoms with Crippen LogP contribution in [0.2, 0.25) is 0 Å². The molecule has 2 aliphatic rings. The number of benzene rings is 1. The third kappa shape index (κ3) is 3.39. The zero-order valence-corrected chi connectivity index (χ0v) is 12.8. The molecule has 1 saturated heterocycles. The van der Waals surface area contributed by atoms with Crippen molar-refractivity contribution in [3.05, 3.63) is 29.8 Å². The number of ether oxygens (including phenoxy) is 3. The molecule has 0 atom stereocenters. The average molecular weight is 291 g/mol. The van der Waals surface area contributed by atoms with Gasteiger partial charge in [0.15, 0.2) is 0 Å². The normalized spacial score (nSPS) is 21.2. The minimum absolute atomic E-state index is 0.325. The number of rotatable bonds is 6. The van der Waals surface area contributed by atoms with Crippen molar-refractivity contribution in [3.63, 3.8) is 0 Å². The van der Waals surface area contributed by atoms with Crippen LogP contribution in [0.25, 0.3) is 0 Å². The van der Waals surface area contributed by atoms with E-state index in [-0.39, 0.29) is 0 Å². The average Bonchev–Trinajstić information content (AvgIpc) is 2.48. The molecule has 0 bridgehead atoms. The summed E-state index contributed by atoms with van der Waals surface area (Å²) in [6.07, 6.45) is 3.91. The molecule has 0 N–H and O–H groups in total. The summed E-state index contributed by atoms with van der Waals surface area (Å²) in [6.45, 7) is 5.06. The first-order chi connectivity index (χ1) is 10.3. The zero-order valence-electron chi connectivity index (χ0n) is 12.8. The van der Waals surface area contributed by atoms with Gasteiger partial charge in [0.25, 0.3) is 0 Å². The predicted molar refractivity (Wildman–Crippen MR) is 81.6 cm³/mol. The Bertz CT molecular complexity index is 442. The van der Waals surface area contributed by atoms with Gasteiger partial charge in [0.2, 0.25) is 0 Å². The highest BCUT2D eigenvalue weighted by molar-refractivity contribution is 5.27. The highest BCUT2D eigenvalue weighted by Crippen LogP contribution is 2.40. The zero-order chi connectivity index (χ0) is 14.5. The van der Waals surface area contributed by atoms with E-state index in [1.54, 1.807) is 7.11 Å². The molecule has 1 saturated carbocycles. The molecule has 0 unspecified atom stereocenters. The molecule has 4 nitrogen and oxygen atoms in total. The Balaban J connectivity index is 1.57. The van der Waals surface area contributed by atoms with Gasteiger partial charge in [-0.25, -0.2) is 0 Å². The van der Waals surface area contributed by atoms with Gasteiger partial charge < -0.3 is 14.2 Å². The molecular formula is C17H25NO3. The third-order valence-electron chi connectivity index (χ3n) is 4.68. The van der Waals surface area contributed by atoms with Crippen molar-refractivity contribution in [2.45, 2.75) is 31.3 Å². The quantitative estimate of drug-likeness (QED) is 0.753. The SMILES string of the molecule is COCCOc1ccc(CN2CCOCC23CCC3)cc1. The van der Waals surface area contributed by atoms with E-state index in [0.717, 1.165) is 32.1 Å². The van der Waals surface area contributed by atoms with E-state index in [4.69, 9.17) is 14.2 Å². The summed E-state index contributed by atoms with van der Waals surface area (Å²) in [5.74, 6) is 0.913. The topological polar surface area (TPSA) is 30.9 Å². The maximum Gasteiger partial charge on any atom is 0.119 e. The second kappa shape index (κ2) is 6.77. The van der Waals surface area contributed by atoms with Crippen molar-refractivity contribution in [3.8, 4) is 5.75 Å². The molecule has 1 aliphatic heterocycles. The maximum atomic E-state index is 5.70. The molecule has 1 aliphatic carbocycles. The van der Waals surface area contributed by atoms with Gasteiger partial charge in [-0.05, 0) is 37.0 Å². The van der Waals surface area contributed by atoms with Crippen molar-refractivity contribution >= 4 is 0 Å². The lowest BCUT2D eigenvalue weighted by atomic mass is 9.75. The molecule has 2 fully saturated rings. The van der Waals surface area contributed by atoms with Crippen molar-refractivity contribution < 1.29 is 14.2 Å². The van der Waals surface area contributed by atoms with E-state index in [9.17, 15) is 0 Å². The lowest BCUT2D eigenvalue weighted by molar-refractivity contribution is -0.111. The van der Waals surface area contributed by atoms with Crippen LogP contribution in [-0.4, -0.2) is 50.5 Å². The lowest BCUT2D eigenvalue weighted by Gasteiger charge is -2.52. The van der Waals surface area contributed by atoms with Crippen molar-refractivity contribution in [2.75, 3.05) is 40.1 Å². The number of methoxy groups -OCH3 is 1. The van der Waals surface area contributed by atoms with Crippen LogP contribution in [0.5, 0.6) is 5.75 Å². The van der Waals surface area contributed by atoms with Crippen molar-refractivity contribution in [2.24, 2.45) is 0 Å². The molecule has 1 aromatic carbocycles. The molecule has 4 heteroatoms. The summed E-state index contributed by atoms with van der Waals surface area (Å²) >= 11 is 0. The Hall–Kier alpha value is -1.10. The Morgan fingerprint density at radius 2 is 2.00 bits per heavy atom. The van der Waals surface area contributed by atoms with Crippen molar-refractivity contribution in [1.82, 2.24) is 4.90 Å². The Kier molecular flexibility index (Phi) is 4.78. The van der Waals surface area contributed by atoms with Crippen LogP contribution in [0, 0.1) is 0 Å². The van der Waals surface area contributed by atoms with Gasteiger partial charge >= 0.3 is 0 Å². The first-order valence-electron chi connectivity index (χ1n) is 7.86. The van der Waals surface area contributed by atoms with Gasteiger partial charge in [-0.15, -0.1) is 0 Å². The highest BCUT2D eigenvalue weighted by Gasteiger charge is 2.44. The molecule has 0 amide bonds. The van der Waals surface area contributed by atoms with Crippen molar-refractivity contribution in [1.29, 1.82) is 0 Å². The summed E-state index contributed by atoms with van der Waals surface area (Å²) in [7, 11) is 1.69. The molecule has 3 rings (SSSR count). The Morgan fingerprint density at radius 1 is 1.19 bits per heavy atom. The predicted octanol–water partition coefficient (Wildman–Crippen LogP) is 2.47. The van der Waals surface area contributed by atoms with Gasteiger partial charge in [0.1, 0.15) is 12.4 Å². The van der Waals surface area contributed by atoms with Gasteiger partial charge in [-0.3, -0.25) is 4.90 Å². The van der Waals surface area contributed by atoms with Gasteiger partial charge in [-0.2, -0.15) is 0 Å². The molecular weight excluding hydrogens is 266 g/mol. The van der Waals surface area contributed by atoms with Crippen LogP contribution < -0.4 is 4.74 Å². The molecule has 1 aromatic rings. The molecule has 0 radical (unpaired) electrons. The van der Waals surface area contributed by atoms with E-state index < -0.39 is 0 Å². The van der Waals surface area contributed by atoms with Gasteiger partial charge in [-0.1, -0.05) is 12.1 Å². The molecule has 1 spiro atoms. The minimum atomic E-state index is 0.325. The number of hydrogen-bond donors (Lipinski definition) is 0. The molecule has 116 valence electrons. The standard InChI is InChI=1S/C17H25NO3/c1-19-11-12-21-16-5-3-15(4-6-16)13-18-9-10-20-14-17(18)7-2-8-17/h3-6H,2,7-14H2,1H3. The molecule has 0 aromatic heterocycles. The summed E-state index contributed by atoms with van der Waals surface area (Å²) in [6, 6.07) is 8.45. The van der Waals surface area contributed by atoms with Crippen LogP contribution in [0.4, 0.5) is 0 Å². The third-order valence-corrected chi connectivity index (χ3v) is 4.68. The minimum Gasteiger partial charge on any atom is -0.491 e. The lowest BCUT2D eigenvalue weighted by Crippen LogP contribution is -2.60. The number of morpholine rings is 1. The molecule has 21 heavy (non-hydrogen) atoms. The largest absolute Gasteiger partial charge is 0.491 e. The maximum absolute atomic E-state index is 5.70. The van der Waals surface area contributed by atoms with E-state index in [1.165, 1.54) is 24.8 Å². The first-order valence-corrected chi connectivity index (χ1v) is 7.86. The first kappa shape index (κ1) is 14.8. The van der Waals surface area contributed by atoms with Gasteiger partial charge in [0.05, 0.1) is 19.8 Å². The van der Waals surface area contributed by atoms with Crippen LogP contribution in [0.1, 0.15) is 24.8 Å². The van der Waals surface area contributed by atoms with E-state index in [0.29, 0.717) is 18.8 Å². The fourth-order valence-corrected chi connectivity index (χ4v) is 3.21. The second-order valence-corrected chi connectivity index (χ2v) is 6.04. The number of nitrogens with zero attached hydrogens (tertiary/aromatic N) is 1. The van der Waals surface area contributed by atoms with Crippen LogP contribution in [-0.2, 0) is 16.0 Å². The fourth-order valence-electron chi connectivity index (χ4n) is 3.21. The highest BCUT2D eigenvalue weighted by atomic mass is 16.5. The fraction of sp³-hybridized carbons (Fsp3) is 0.647. The summed E-state index contributed by atoms with van der Waals surface area (Å²) < 4.78 is 16.3. The van der Waals surface area contributed by atoms with Gasteiger partial charge in [0, 0.05) is 25.7 Å².